The van der Waals surface area contributed by atoms with Gasteiger partial charge in [-0.3, -0.25) is 9.48 Å². The van der Waals surface area contributed by atoms with Crippen LogP contribution in [0.25, 0.3) is 11.3 Å². The lowest BCUT2D eigenvalue weighted by Crippen LogP contribution is -2.41. The van der Waals surface area contributed by atoms with E-state index in [1.165, 1.54) is 0 Å². The van der Waals surface area contributed by atoms with Gasteiger partial charge in [0.25, 0.3) is 5.91 Å². The summed E-state index contributed by atoms with van der Waals surface area (Å²) in [5, 5.41) is 4.72. The summed E-state index contributed by atoms with van der Waals surface area (Å²) in [5.41, 5.74) is 1.16. The molecule has 1 atom stereocenters. The van der Waals surface area contributed by atoms with Crippen LogP contribution in [0.4, 0.5) is 4.79 Å². The van der Waals surface area contributed by atoms with Crippen LogP contribution < -0.4 is 0 Å². The summed E-state index contributed by atoms with van der Waals surface area (Å²) in [6, 6.07) is 6.62. The van der Waals surface area contributed by atoms with E-state index in [1.54, 1.807) is 38.7 Å². The lowest BCUT2D eigenvalue weighted by molar-refractivity contribution is 0.0284. The average molecular weight is 503 g/mol. The van der Waals surface area contributed by atoms with Crippen LogP contribution in [-0.4, -0.2) is 85.0 Å². The fourth-order valence-corrected chi connectivity index (χ4v) is 6.47. The van der Waals surface area contributed by atoms with Gasteiger partial charge >= 0.3 is 6.09 Å². The third kappa shape index (κ3) is 4.42. The molecule has 2 fully saturated rings. The molecule has 0 aliphatic carbocycles. The van der Waals surface area contributed by atoms with Crippen molar-refractivity contribution in [2.75, 3.05) is 39.4 Å². The van der Waals surface area contributed by atoms with Gasteiger partial charge in [-0.05, 0) is 33.3 Å². The van der Waals surface area contributed by atoms with Crippen molar-refractivity contribution in [3.8, 4) is 11.3 Å². The Balaban J connectivity index is 1.56. The summed E-state index contributed by atoms with van der Waals surface area (Å²) in [4.78, 5) is 29.7. The number of hydrogen-bond acceptors (Lipinski definition) is 7. The van der Waals surface area contributed by atoms with Crippen LogP contribution in [0, 0.1) is 0 Å². The van der Waals surface area contributed by atoms with Crippen molar-refractivity contribution >= 4 is 21.8 Å². The number of carbonyl (C=O) groups is 2. The number of hydrogen-bond donors (Lipinski definition) is 0. The first kappa shape index (κ1) is 23.8. The van der Waals surface area contributed by atoms with E-state index in [0.717, 1.165) is 0 Å². The van der Waals surface area contributed by atoms with E-state index in [1.807, 2.05) is 20.8 Å². The smallest absolute Gasteiger partial charge is 0.410 e. The first-order valence-corrected chi connectivity index (χ1v) is 13.5. The Morgan fingerprint density at radius 3 is 2.51 bits per heavy atom. The number of likely N-dealkylation sites (tertiary alicyclic amines) is 1. The molecule has 0 radical (unpaired) electrons. The number of fused-ring (bicyclic) bond motifs is 3. The Bertz CT molecular complexity index is 1270. The molecule has 1 aromatic carbocycles. The molecule has 0 saturated carbocycles. The second kappa shape index (κ2) is 8.63. The molecule has 0 bridgehead atoms. The molecule has 2 aromatic rings. The molecule has 0 spiro atoms. The van der Waals surface area contributed by atoms with Crippen molar-refractivity contribution < 1.29 is 27.5 Å². The molecule has 1 aromatic heterocycles. The normalized spacial score (nSPS) is 21.4. The zero-order chi connectivity index (χ0) is 25.0. The lowest BCUT2D eigenvalue weighted by Gasteiger charge is -2.26. The topological polar surface area (TPSA) is 111 Å². The molecule has 3 aliphatic heterocycles. The molecule has 4 heterocycles. The molecule has 3 aliphatic rings. The predicted molar refractivity (Wildman–Crippen MR) is 127 cm³/mol. The van der Waals surface area contributed by atoms with Gasteiger partial charge in [-0.2, -0.15) is 5.10 Å². The number of rotatable bonds is 2. The Labute approximate surface area is 204 Å². The van der Waals surface area contributed by atoms with Gasteiger partial charge < -0.3 is 19.3 Å². The van der Waals surface area contributed by atoms with Gasteiger partial charge in [-0.15, -0.1) is 0 Å². The van der Waals surface area contributed by atoms with Gasteiger partial charge in [0.1, 0.15) is 5.60 Å². The third-order valence-electron chi connectivity index (χ3n) is 6.48. The molecule has 35 heavy (non-hydrogen) atoms. The van der Waals surface area contributed by atoms with Gasteiger partial charge in [-0.25, -0.2) is 13.2 Å². The molecule has 0 N–H and O–H groups in total. The summed E-state index contributed by atoms with van der Waals surface area (Å²) in [5.74, 6) is -0.576. The maximum absolute atomic E-state index is 13.5. The number of sulfone groups is 1. The summed E-state index contributed by atoms with van der Waals surface area (Å²) in [6.45, 7) is 8.05. The van der Waals surface area contributed by atoms with Gasteiger partial charge in [0.05, 0.1) is 35.6 Å². The van der Waals surface area contributed by atoms with Crippen LogP contribution in [0.15, 0.2) is 29.2 Å². The second-order valence-corrected chi connectivity index (χ2v) is 12.1. The maximum Gasteiger partial charge on any atom is 0.410 e. The van der Waals surface area contributed by atoms with E-state index in [4.69, 9.17) is 14.6 Å². The van der Waals surface area contributed by atoms with Crippen molar-refractivity contribution in [3.05, 3.63) is 35.5 Å². The predicted octanol–water partition coefficient (Wildman–Crippen LogP) is 2.49. The average Bonchev–Trinajstić information content (AvgIpc) is 3.43. The highest BCUT2D eigenvalue weighted by molar-refractivity contribution is 7.90. The van der Waals surface area contributed by atoms with Crippen molar-refractivity contribution in [2.45, 2.75) is 49.5 Å². The van der Waals surface area contributed by atoms with E-state index in [0.29, 0.717) is 62.6 Å². The summed E-state index contributed by atoms with van der Waals surface area (Å²) >= 11 is 0. The van der Waals surface area contributed by atoms with Crippen LogP contribution >= 0.6 is 0 Å². The highest BCUT2D eigenvalue weighted by Gasteiger charge is 2.40. The molecule has 2 saturated heterocycles. The third-order valence-corrected chi connectivity index (χ3v) is 8.18. The molecule has 11 heteroatoms. The monoisotopic (exact) mass is 502 g/mol. The van der Waals surface area contributed by atoms with E-state index in [-0.39, 0.29) is 28.3 Å². The molecule has 188 valence electrons. The number of nitrogens with zero attached hydrogens (tertiary/aromatic N) is 4. The molecular formula is C24H30N4O6S. The zero-order valence-electron chi connectivity index (χ0n) is 20.2. The van der Waals surface area contributed by atoms with Crippen molar-refractivity contribution in [1.29, 1.82) is 0 Å². The van der Waals surface area contributed by atoms with Crippen molar-refractivity contribution in [1.82, 2.24) is 19.6 Å². The highest BCUT2D eigenvalue weighted by atomic mass is 32.2. The summed E-state index contributed by atoms with van der Waals surface area (Å²) < 4.78 is 38.9. The van der Waals surface area contributed by atoms with Crippen LogP contribution in [0.2, 0.25) is 0 Å². The zero-order valence-corrected chi connectivity index (χ0v) is 21.0. The Kier molecular flexibility index (Phi) is 5.87. The summed E-state index contributed by atoms with van der Waals surface area (Å²) in [7, 11) is -3.63. The minimum Gasteiger partial charge on any atom is -0.444 e. The van der Waals surface area contributed by atoms with Crippen LogP contribution in [0.5, 0.6) is 0 Å². The molecular weight excluding hydrogens is 472 g/mol. The Morgan fingerprint density at radius 2 is 1.80 bits per heavy atom. The first-order chi connectivity index (χ1) is 16.5. The standard InChI is InChI=1S/C24H30N4O6S/c1-24(2,3)34-23(30)27-9-8-16(14-27)28-21-17-6-4-5-7-19(17)35(31,32)15-18(21)20(25-28)22(29)26-10-12-33-13-11-26/h4-7,16H,8-15H2,1-3H3/t16-/m1/s1. The Morgan fingerprint density at radius 1 is 1.09 bits per heavy atom. The number of morpholine rings is 1. The SMILES string of the molecule is CC(C)(C)OC(=O)N1CC[C@@H](n2nc(C(=O)N3CCOCC3)c3c2-c2ccccc2S(=O)(=O)C3)C1. The molecule has 5 rings (SSSR count). The van der Waals surface area contributed by atoms with Gasteiger partial charge in [0.15, 0.2) is 15.5 Å². The van der Waals surface area contributed by atoms with Gasteiger partial charge in [0, 0.05) is 37.3 Å². The van der Waals surface area contributed by atoms with E-state index >= 15 is 0 Å². The number of aromatic nitrogens is 2. The number of amides is 2. The van der Waals surface area contributed by atoms with Crippen LogP contribution in [0.1, 0.15) is 49.3 Å². The highest BCUT2D eigenvalue weighted by Crippen LogP contribution is 2.42. The number of ether oxygens (including phenoxy) is 2. The first-order valence-electron chi connectivity index (χ1n) is 11.8. The quantitative estimate of drug-likeness (QED) is 0.620. The summed E-state index contributed by atoms with van der Waals surface area (Å²) in [6.07, 6.45) is 0.224. The minimum atomic E-state index is -3.63. The fraction of sp³-hybridized carbons (Fsp3) is 0.542. The maximum atomic E-state index is 13.5. The van der Waals surface area contributed by atoms with Crippen LogP contribution in [0.3, 0.4) is 0 Å². The number of benzene rings is 1. The van der Waals surface area contributed by atoms with E-state index in [9.17, 15) is 18.0 Å². The molecule has 2 amide bonds. The molecule has 0 unspecified atom stereocenters. The largest absolute Gasteiger partial charge is 0.444 e. The minimum absolute atomic E-state index is 0.163. The van der Waals surface area contributed by atoms with Crippen molar-refractivity contribution in [2.24, 2.45) is 0 Å². The fourth-order valence-electron chi connectivity index (χ4n) is 4.88. The molecule has 10 nitrogen and oxygen atoms in total. The van der Waals surface area contributed by atoms with Gasteiger partial charge in [-0.1, -0.05) is 18.2 Å². The van der Waals surface area contributed by atoms with Gasteiger partial charge in [0.2, 0.25) is 0 Å². The Hall–Kier alpha value is -2.92. The lowest BCUT2D eigenvalue weighted by atomic mass is 10.0. The van der Waals surface area contributed by atoms with E-state index < -0.39 is 21.5 Å². The van der Waals surface area contributed by atoms with Crippen molar-refractivity contribution in [3.63, 3.8) is 0 Å². The second-order valence-electron chi connectivity index (χ2n) is 10.1. The number of carbonyl (C=O) groups excluding carboxylic acids is 2. The van der Waals surface area contributed by atoms with E-state index in [2.05, 4.69) is 0 Å². The van der Waals surface area contributed by atoms with Crippen LogP contribution in [-0.2, 0) is 25.1 Å².